The Balaban J connectivity index is 1.62. The zero-order valence-electron chi connectivity index (χ0n) is 15.8. The molecule has 0 nitrogen and oxygen atoms in total. The SMILES string of the molecule is CCc1ccc(C2CCC(C3CCC(C)CC3)CC2)c(C)c1C. The molecule has 0 aliphatic heterocycles. The van der Waals surface area contributed by atoms with Crippen molar-refractivity contribution in [1.29, 1.82) is 0 Å². The van der Waals surface area contributed by atoms with Crippen LogP contribution in [0.4, 0.5) is 0 Å². The Kier molecular flexibility index (Phi) is 5.49. The molecule has 0 heterocycles. The molecule has 2 fully saturated rings. The Morgan fingerprint density at radius 3 is 1.91 bits per heavy atom. The van der Waals surface area contributed by atoms with Gasteiger partial charge in [-0.25, -0.2) is 0 Å². The molecule has 0 radical (unpaired) electrons. The van der Waals surface area contributed by atoms with E-state index < -0.39 is 0 Å². The predicted molar refractivity (Wildman–Crippen MR) is 101 cm³/mol. The van der Waals surface area contributed by atoms with Crippen molar-refractivity contribution in [1.82, 2.24) is 0 Å². The Morgan fingerprint density at radius 1 is 0.783 bits per heavy atom. The molecule has 0 saturated heterocycles. The lowest BCUT2D eigenvalue weighted by Crippen LogP contribution is -2.25. The van der Waals surface area contributed by atoms with Gasteiger partial charge in [0.25, 0.3) is 0 Å². The van der Waals surface area contributed by atoms with Crippen LogP contribution >= 0.6 is 0 Å². The van der Waals surface area contributed by atoms with Crippen molar-refractivity contribution in [2.75, 3.05) is 0 Å². The van der Waals surface area contributed by atoms with Crippen LogP contribution in [0.5, 0.6) is 0 Å². The second kappa shape index (κ2) is 7.41. The van der Waals surface area contributed by atoms with E-state index >= 15 is 0 Å². The summed E-state index contributed by atoms with van der Waals surface area (Å²) in [4.78, 5) is 0. The number of benzene rings is 1. The Bertz CT molecular complexity index is 511. The zero-order valence-corrected chi connectivity index (χ0v) is 15.8. The molecule has 2 aliphatic carbocycles. The maximum atomic E-state index is 2.45. The minimum atomic E-state index is 0.832. The third kappa shape index (κ3) is 3.67. The Morgan fingerprint density at radius 2 is 1.35 bits per heavy atom. The summed E-state index contributed by atoms with van der Waals surface area (Å²) in [6, 6.07) is 4.85. The van der Waals surface area contributed by atoms with Crippen molar-refractivity contribution in [2.45, 2.75) is 91.4 Å². The van der Waals surface area contributed by atoms with Crippen LogP contribution in [0.3, 0.4) is 0 Å². The van der Waals surface area contributed by atoms with Crippen LogP contribution in [0.25, 0.3) is 0 Å². The van der Waals surface area contributed by atoms with Gasteiger partial charge in [0.05, 0.1) is 0 Å². The molecule has 0 bridgehead atoms. The highest BCUT2D eigenvalue weighted by Crippen LogP contribution is 2.44. The predicted octanol–water partition coefficient (Wildman–Crippen LogP) is 6.97. The smallest absolute Gasteiger partial charge is 0.0159 e. The van der Waals surface area contributed by atoms with Crippen LogP contribution < -0.4 is 0 Å². The second-order valence-electron chi connectivity index (χ2n) is 8.55. The van der Waals surface area contributed by atoms with E-state index in [2.05, 4.69) is 39.8 Å². The van der Waals surface area contributed by atoms with Crippen LogP contribution in [0, 0.1) is 31.6 Å². The summed E-state index contributed by atoms with van der Waals surface area (Å²) in [6.45, 7) is 9.40. The van der Waals surface area contributed by atoms with E-state index in [0.717, 1.165) is 23.7 Å². The normalized spacial score (nSPS) is 32.0. The molecule has 1 aromatic carbocycles. The summed E-state index contributed by atoms with van der Waals surface area (Å²) in [7, 11) is 0. The van der Waals surface area contributed by atoms with E-state index in [1.165, 1.54) is 63.4 Å². The summed E-state index contributed by atoms with van der Waals surface area (Å²) in [6.07, 6.45) is 13.0. The summed E-state index contributed by atoms with van der Waals surface area (Å²) in [5.41, 5.74) is 6.33. The average molecular weight is 313 g/mol. The van der Waals surface area contributed by atoms with Crippen molar-refractivity contribution in [3.8, 4) is 0 Å². The van der Waals surface area contributed by atoms with Crippen LogP contribution in [-0.2, 0) is 6.42 Å². The fourth-order valence-corrected chi connectivity index (χ4v) is 5.38. The molecule has 0 atom stereocenters. The number of rotatable bonds is 3. The quantitative estimate of drug-likeness (QED) is 0.565. The van der Waals surface area contributed by atoms with Crippen molar-refractivity contribution < 1.29 is 0 Å². The molecule has 2 saturated carbocycles. The minimum absolute atomic E-state index is 0.832. The van der Waals surface area contributed by atoms with Gasteiger partial charge in [0.2, 0.25) is 0 Å². The zero-order chi connectivity index (χ0) is 16.4. The summed E-state index contributed by atoms with van der Waals surface area (Å²) in [5.74, 6) is 3.91. The molecule has 3 rings (SSSR count). The molecule has 0 spiro atoms. The molecule has 1 aromatic rings. The minimum Gasteiger partial charge on any atom is -0.0625 e. The molecule has 0 N–H and O–H groups in total. The first-order valence-corrected chi connectivity index (χ1v) is 10.2. The van der Waals surface area contributed by atoms with E-state index in [1.807, 2.05) is 0 Å². The van der Waals surface area contributed by atoms with Gasteiger partial charge >= 0.3 is 0 Å². The van der Waals surface area contributed by atoms with Crippen molar-refractivity contribution in [3.05, 3.63) is 34.4 Å². The lowest BCUT2D eigenvalue weighted by Gasteiger charge is -2.37. The third-order valence-corrected chi connectivity index (χ3v) is 7.26. The number of hydrogen-bond donors (Lipinski definition) is 0. The highest BCUT2D eigenvalue weighted by molar-refractivity contribution is 5.41. The Labute approximate surface area is 144 Å². The van der Waals surface area contributed by atoms with Gasteiger partial charge in [-0.3, -0.25) is 0 Å². The van der Waals surface area contributed by atoms with Gasteiger partial charge < -0.3 is 0 Å². The van der Waals surface area contributed by atoms with E-state index in [-0.39, 0.29) is 0 Å². The van der Waals surface area contributed by atoms with Gasteiger partial charge in [-0.15, -0.1) is 0 Å². The van der Waals surface area contributed by atoms with Gasteiger partial charge in [0, 0.05) is 0 Å². The van der Waals surface area contributed by atoms with Crippen LogP contribution in [0.15, 0.2) is 12.1 Å². The first kappa shape index (κ1) is 17.1. The van der Waals surface area contributed by atoms with E-state index in [0.29, 0.717) is 0 Å². The summed E-state index contributed by atoms with van der Waals surface area (Å²) < 4.78 is 0. The molecule has 0 aromatic heterocycles. The highest BCUT2D eigenvalue weighted by atomic mass is 14.4. The molecule has 23 heavy (non-hydrogen) atoms. The molecule has 128 valence electrons. The van der Waals surface area contributed by atoms with Gasteiger partial charge in [-0.2, -0.15) is 0 Å². The Hall–Kier alpha value is -0.780. The molecular formula is C23H36. The standard InChI is InChI=1S/C23H36/c1-5-19-14-15-23(18(4)17(19)3)22-12-10-21(11-13-22)20-8-6-16(2)7-9-20/h14-16,20-22H,5-13H2,1-4H3. The van der Waals surface area contributed by atoms with Crippen LogP contribution in [0.1, 0.15) is 93.4 Å². The molecular weight excluding hydrogens is 276 g/mol. The first-order valence-electron chi connectivity index (χ1n) is 10.2. The molecule has 0 unspecified atom stereocenters. The van der Waals surface area contributed by atoms with Gasteiger partial charge in [-0.1, -0.05) is 38.8 Å². The topological polar surface area (TPSA) is 0 Å². The average Bonchev–Trinajstić information content (AvgIpc) is 2.58. The maximum Gasteiger partial charge on any atom is -0.0159 e. The molecule has 0 amide bonds. The van der Waals surface area contributed by atoms with Crippen molar-refractivity contribution in [3.63, 3.8) is 0 Å². The van der Waals surface area contributed by atoms with Crippen LogP contribution in [-0.4, -0.2) is 0 Å². The van der Waals surface area contributed by atoms with Gasteiger partial charge in [0.15, 0.2) is 0 Å². The fraction of sp³-hybridized carbons (Fsp3) is 0.739. The molecule has 2 aliphatic rings. The lowest BCUT2D eigenvalue weighted by atomic mass is 9.68. The van der Waals surface area contributed by atoms with E-state index in [1.54, 1.807) is 16.7 Å². The summed E-state index contributed by atoms with van der Waals surface area (Å²) in [5, 5.41) is 0. The van der Waals surface area contributed by atoms with E-state index in [9.17, 15) is 0 Å². The molecule has 0 heteroatoms. The van der Waals surface area contributed by atoms with Crippen LogP contribution in [0.2, 0.25) is 0 Å². The lowest BCUT2D eigenvalue weighted by molar-refractivity contribution is 0.165. The van der Waals surface area contributed by atoms with Gasteiger partial charge in [0.1, 0.15) is 0 Å². The first-order chi connectivity index (χ1) is 11.1. The third-order valence-electron chi connectivity index (χ3n) is 7.26. The monoisotopic (exact) mass is 312 g/mol. The summed E-state index contributed by atoms with van der Waals surface area (Å²) >= 11 is 0. The number of hydrogen-bond acceptors (Lipinski definition) is 0. The van der Waals surface area contributed by atoms with Crippen molar-refractivity contribution in [2.24, 2.45) is 17.8 Å². The van der Waals surface area contributed by atoms with Gasteiger partial charge in [-0.05, 0) is 105 Å². The second-order valence-corrected chi connectivity index (χ2v) is 8.55. The maximum absolute atomic E-state index is 2.45. The van der Waals surface area contributed by atoms with Crippen molar-refractivity contribution >= 4 is 0 Å². The fourth-order valence-electron chi connectivity index (χ4n) is 5.38. The largest absolute Gasteiger partial charge is 0.0625 e. The number of aryl methyl sites for hydroxylation is 1. The van der Waals surface area contributed by atoms with E-state index in [4.69, 9.17) is 0 Å². The highest BCUT2D eigenvalue weighted by Gasteiger charge is 2.30.